The van der Waals surface area contributed by atoms with Crippen LogP contribution in [0.3, 0.4) is 0 Å². The number of morpholine rings is 1. The monoisotopic (exact) mass is 574 g/mol. The Hall–Kier alpha value is -4.40. The molecule has 2 aromatic heterocycles. The van der Waals surface area contributed by atoms with Crippen molar-refractivity contribution < 1.29 is 24.0 Å². The molecule has 3 N–H and O–H groups in total. The summed E-state index contributed by atoms with van der Waals surface area (Å²) in [5.41, 5.74) is 5.83. The molecule has 1 aromatic carbocycles. The summed E-state index contributed by atoms with van der Waals surface area (Å²) in [4.78, 5) is 62.8. The number of imide groups is 1. The Balaban J connectivity index is 1.66. The average Bonchev–Trinajstić information content (AvgIpc) is 2.86. The first-order valence-corrected chi connectivity index (χ1v) is 12.0. The first kappa shape index (κ1) is 27.6. The van der Waals surface area contributed by atoms with Gasteiger partial charge in [0.05, 0.1) is 21.8 Å². The van der Waals surface area contributed by atoms with Crippen LogP contribution in [0.1, 0.15) is 6.92 Å². The van der Waals surface area contributed by atoms with Gasteiger partial charge in [0, 0.05) is 36.7 Å². The van der Waals surface area contributed by atoms with E-state index in [9.17, 15) is 24.5 Å². The number of anilines is 4. The maximum atomic E-state index is 12.6. The number of nitro groups is 1. The molecule has 3 amide bonds. The Kier molecular flexibility index (Phi) is 8.18. The predicted octanol–water partition coefficient (Wildman–Crippen LogP) is 2.69. The van der Waals surface area contributed by atoms with Gasteiger partial charge in [0.1, 0.15) is 24.7 Å². The van der Waals surface area contributed by atoms with Crippen molar-refractivity contribution in [3.63, 3.8) is 0 Å². The van der Waals surface area contributed by atoms with Gasteiger partial charge < -0.3 is 15.8 Å². The Morgan fingerprint density at radius 3 is 2.54 bits per heavy atom. The number of pyridine rings is 1. The SMILES string of the molecule is CC(=O)N(CCNc1ccc([N+](=O)[O-])c(N)n1)c1ncc(N2C(=O)COCC2=O)c(-c2ccc(Cl)cc2Cl)n1. The van der Waals surface area contributed by atoms with E-state index in [1.54, 1.807) is 12.1 Å². The van der Waals surface area contributed by atoms with Crippen molar-refractivity contribution in [2.75, 3.05) is 47.2 Å². The molecule has 202 valence electrons. The number of nitrogen functional groups attached to an aromatic ring is 1. The first-order valence-electron chi connectivity index (χ1n) is 11.3. The zero-order valence-electron chi connectivity index (χ0n) is 20.3. The minimum atomic E-state index is -0.646. The molecule has 39 heavy (non-hydrogen) atoms. The Bertz CT molecular complexity index is 1470. The van der Waals surface area contributed by atoms with E-state index in [2.05, 4.69) is 20.3 Å². The third-order valence-electron chi connectivity index (χ3n) is 5.50. The molecule has 0 atom stereocenters. The van der Waals surface area contributed by atoms with E-state index < -0.39 is 22.6 Å². The van der Waals surface area contributed by atoms with Crippen molar-refractivity contribution in [2.24, 2.45) is 0 Å². The Morgan fingerprint density at radius 1 is 1.21 bits per heavy atom. The topological polar surface area (TPSA) is 187 Å². The molecule has 1 aliphatic heterocycles. The standard InChI is InChI=1S/C23H20Cl2N8O6/c1-12(34)31(7-6-27-18-5-4-16(33(37)38)22(26)29-18)23-28-9-17(32-19(35)10-39-11-20(32)36)21(30-23)14-3-2-13(24)8-15(14)25/h2-5,8-9H,6-7,10-11H2,1H3,(H3,26,27,29). The summed E-state index contributed by atoms with van der Waals surface area (Å²) in [7, 11) is 0. The molecule has 0 aliphatic carbocycles. The van der Waals surface area contributed by atoms with Gasteiger partial charge in [-0.15, -0.1) is 0 Å². The lowest BCUT2D eigenvalue weighted by Gasteiger charge is -2.27. The van der Waals surface area contributed by atoms with Gasteiger partial charge in [-0.1, -0.05) is 23.2 Å². The maximum absolute atomic E-state index is 12.6. The number of nitrogens with zero attached hydrogens (tertiary/aromatic N) is 6. The number of ether oxygens (including phenoxy) is 1. The molecule has 14 nitrogen and oxygen atoms in total. The quantitative estimate of drug-likeness (QED) is 0.228. The smallest absolute Gasteiger partial charge is 0.311 e. The van der Waals surface area contributed by atoms with E-state index in [0.717, 1.165) is 4.90 Å². The van der Waals surface area contributed by atoms with Crippen molar-refractivity contribution in [3.8, 4) is 11.3 Å². The zero-order valence-corrected chi connectivity index (χ0v) is 21.8. The molecule has 0 saturated carbocycles. The lowest BCUT2D eigenvalue weighted by Crippen LogP contribution is -2.46. The van der Waals surface area contributed by atoms with Gasteiger partial charge in [-0.3, -0.25) is 29.4 Å². The van der Waals surface area contributed by atoms with Crippen LogP contribution >= 0.6 is 23.2 Å². The predicted molar refractivity (Wildman–Crippen MR) is 143 cm³/mol. The summed E-state index contributed by atoms with van der Waals surface area (Å²) >= 11 is 12.5. The normalized spacial score (nSPS) is 13.4. The molecule has 0 bridgehead atoms. The number of carbonyl (C=O) groups excluding carboxylic acids is 3. The molecular formula is C23H20Cl2N8O6. The number of carbonyl (C=O) groups is 3. The first-order chi connectivity index (χ1) is 18.6. The fourth-order valence-electron chi connectivity index (χ4n) is 3.72. The zero-order chi connectivity index (χ0) is 28.3. The summed E-state index contributed by atoms with van der Waals surface area (Å²) in [6.07, 6.45) is 1.26. The highest BCUT2D eigenvalue weighted by Crippen LogP contribution is 2.36. The number of hydrogen-bond acceptors (Lipinski definition) is 11. The minimum Gasteiger partial charge on any atom is -0.378 e. The number of amides is 3. The van der Waals surface area contributed by atoms with E-state index in [1.165, 1.54) is 36.2 Å². The summed E-state index contributed by atoms with van der Waals surface area (Å²) in [6, 6.07) is 7.20. The van der Waals surface area contributed by atoms with Crippen LogP contribution in [0.25, 0.3) is 11.3 Å². The van der Waals surface area contributed by atoms with E-state index in [4.69, 9.17) is 33.7 Å². The van der Waals surface area contributed by atoms with Crippen molar-refractivity contribution >= 4 is 69.9 Å². The minimum absolute atomic E-state index is 0.0293. The van der Waals surface area contributed by atoms with Gasteiger partial charge in [-0.25, -0.2) is 19.9 Å². The number of halogens is 2. The maximum Gasteiger partial charge on any atom is 0.311 e. The van der Waals surface area contributed by atoms with Gasteiger partial charge in [0.25, 0.3) is 11.8 Å². The van der Waals surface area contributed by atoms with Gasteiger partial charge in [-0.2, -0.15) is 0 Å². The van der Waals surface area contributed by atoms with Crippen LogP contribution in [0.15, 0.2) is 36.5 Å². The van der Waals surface area contributed by atoms with Crippen LogP contribution in [0.5, 0.6) is 0 Å². The summed E-state index contributed by atoms with van der Waals surface area (Å²) in [5, 5.41) is 14.4. The Morgan fingerprint density at radius 2 is 1.92 bits per heavy atom. The lowest BCUT2D eigenvalue weighted by molar-refractivity contribution is -0.384. The van der Waals surface area contributed by atoms with E-state index in [1.807, 2.05) is 0 Å². The number of hydrogen-bond donors (Lipinski definition) is 2. The third-order valence-corrected chi connectivity index (χ3v) is 6.04. The molecule has 4 rings (SSSR count). The molecule has 1 saturated heterocycles. The summed E-state index contributed by atoms with van der Waals surface area (Å²) in [6.45, 7) is 0.883. The van der Waals surface area contributed by atoms with Crippen LogP contribution in [0, 0.1) is 10.1 Å². The van der Waals surface area contributed by atoms with Crippen LogP contribution in [-0.4, -0.2) is 63.9 Å². The van der Waals surface area contributed by atoms with Gasteiger partial charge in [0.2, 0.25) is 17.7 Å². The fourth-order valence-corrected chi connectivity index (χ4v) is 4.21. The second-order valence-electron chi connectivity index (χ2n) is 8.10. The summed E-state index contributed by atoms with van der Waals surface area (Å²) < 4.78 is 5.00. The van der Waals surface area contributed by atoms with E-state index >= 15 is 0 Å². The fraction of sp³-hybridized carbons (Fsp3) is 0.217. The molecule has 0 radical (unpaired) electrons. The number of nitrogens with one attached hydrogen (secondary N) is 1. The largest absolute Gasteiger partial charge is 0.378 e. The van der Waals surface area contributed by atoms with Crippen LogP contribution in [-0.2, 0) is 19.1 Å². The van der Waals surface area contributed by atoms with E-state index in [0.29, 0.717) is 10.6 Å². The highest BCUT2D eigenvalue weighted by molar-refractivity contribution is 6.36. The highest BCUT2D eigenvalue weighted by Gasteiger charge is 2.32. The average molecular weight is 575 g/mol. The van der Waals surface area contributed by atoms with Gasteiger partial charge in [0.15, 0.2) is 0 Å². The molecule has 0 unspecified atom stereocenters. The van der Waals surface area contributed by atoms with Crippen molar-refractivity contribution in [3.05, 3.63) is 56.7 Å². The second kappa shape index (κ2) is 11.6. The molecule has 3 aromatic rings. The third kappa shape index (κ3) is 6.03. The molecule has 1 aliphatic rings. The van der Waals surface area contributed by atoms with Crippen molar-refractivity contribution in [2.45, 2.75) is 6.92 Å². The van der Waals surface area contributed by atoms with Crippen LogP contribution in [0.2, 0.25) is 10.0 Å². The molecule has 1 fully saturated rings. The van der Waals surface area contributed by atoms with E-state index in [-0.39, 0.29) is 66.0 Å². The molecular weight excluding hydrogens is 555 g/mol. The number of benzene rings is 1. The lowest BCUT2D eigenvalue weighted by atomic mass is 10.1. The Labute approximate surface area is 230 Å². The number of aromatic nitrogens is 3. The highest BCUT2D eigenvalue weighted by atomic mass is 35.5. The molecule has 3 heterocycles. The van der Waals surface area contributed by atoms with Crippen molar-refractivity contribution in [1.29, 1.82) is 0 Å². The summed E-state index contributed by atoms with van der Waals surface area (Å²) in [5.74, 6) is -1.67. The molecule has 0 spiro atoms. The van der Waals surface area contributed by atoms with Gasteiger partial charge in [-0.05, 0) is 24.3 Å². The van der Waals surface area contributed by atoms with Crippen molar-refractivity contribution in [1.82, 2.24) is 15.0 Å². The van der Waals surface area contributed by atoms with Crippen LogP contribution < -0.4 is 20.9 Å². The van der Waals surface area contributed by atoms with Crippen LogP contribution in [0.4, 0.5) is 29.0 Å². The molecule has 16 heteroatoms. The number of nitrogens with two attached hydrogens (primary N) is 1. The second-order valence-corrected chi connectivity index (χ2v) is 8.94. The number of rotatable bonds is 8. The van der Waals surface area contributed by atoms with Gasteiger partial charge >= 0.3 is 5.69 Å².